The summed E-state index contributed by atoms with van der Waals surface area (Å²) in [7, 11) is 0. The highest BCUT2D eigenvalue weighted by molar-refractivity contribution is 5.15. The van der Waals surface area contributed by atoms with Crippen LogP contribution in [0.25, 0.3) is 0 Å². The van der Waals surface area contributed by atoms with Crippen molar-refractivity contribution in [3.63, 3.8) is 0 Å². The van der Waals surface area contributed by atoms with Gasteiger partial charge in [-0.2, -0.15) is 0 Å². The van der Waals surface area contributed by atoms with Gasteiger partial charge in [0.15, 0.2) is 0 Å². The Morgan fingerprint density at radius 1 is 1.12 bits per heavy atom. The van der Waals surface area contributed by atoms with Crippen molar-refractivity contribution in [1.82, 2.24) is 5.43 Å². The minimum Gasteiger partial charge on any atom is -0.271 e. The van der Waals surface area contributed by atoms with Crippen LogP contribution in [0.4, 0.5) is 0 Å². The summed E-state index contributed by atoms with van der Waals surface area (Å²) < 4.78 is 0. The van der Waals surface area contributed by atoms with Gasteiger partial charge in [-0.3, -0.25) is 11.3 Å². The molecule has 0 aliphatic heterocycles. The molecule has 0 saturated heterocycles. The van der Waals surface area contributed by atoms with E-state index in [1.807, 2.05) is 0 Å². The first-order valence-electron chi connectivity index (χ1n) is 6.30. The van der Waals surface area contributed by atoms with Gasteiger partial charge in [0.25, 0.3) is 0 Å². The molecule has 0 bridgehead atoms. The molecule has 0 spiro atoms. The second-order valence-electron chi connectivity index (χ2n) is 4.47. The standard InChI is InChI=1S/C14H24N2/c1-3-12(4-2)10-14(16-15)11-13-8-6-5-7-9-13/h5-9,12,14,16H,3-4,10-11,15H2,1-2H3. The highest BCUT2D eigenvalue weighted by atomic mass is 15.2. The molecule has 1 aromatic carbocycles. The van der Waals surface area contributed by atoms with Gasteiger partial charge in [-0.25, -0.2) is 0 Å². The molecular formula is C14H24N2. The monoisotopic (exact) mass is 220 g/mol. The van der Waals surface area contributed by atoms with E-state index >= 15 is 0 Å². The lowest BCUT2D eigenvalue weighted by Gasteiger charge is -2.21. The zero-order chi connectivity index (χ0) is 11.8. The Morgan fingerprint density at radius 3 is 2.25 bits per heavy atom. The number of hydrogen-bond donors (Lipinski definition) is 2. The molecule has 0 aromatic heterocycles. The van der Waals surface area contributed by atoms with Gasteiger partial charge in [0.2, 0.25) is 0 Å². The molecular weight excluding hydrogens is 196 g/mol. The van der Waals surface area contributed by atoms with Gasteiger partial charge < -0.3 is 0 Å². The fourth-order valence-corrected chi connectivity index (χ4v) is 2.13. The van der Waals surface area contributed by atoms with Crippen LogP contribution in [-0.4, -0.2) is 6.04 Å². The van der Waals surface area contributed by atoms with Gasteiger partial charge in [-0.15, -0.1) is 0 Å². The molecule has 1 aromatic rings. The van der Waals surface area contributed by atoms with Crippen molar-refractivity contribution >= 4 is 0 Å². The molecule has 1 rings (SSSR count). The van der Waals surface area contributed by atoms with Crippen LogP contribution in [0, 0.1) is 5.92 Å². The molecule has 0 aliphatic rings. The molecule has 0 amide bonds. The van der Waals surface area contributed by atoms with Gasteiger partial charge in [0.05, 0.1) is 0 Å². The van der Waals surface area contributed by atoms with Gasteiger partial charge in [0, 0.05) is 6.04 Å². The quantitative estimate of drug-likeness (QED) is 0.548. The lowest BCUT2D eigenvalue weighted by molar-refractivity contribution is 0.366. The van der Waals surface area contributed by atoms with Gasteiger partial charge in [0.1, 0.15) is 0 Å². The van der Waals surface area contributed by atoms with Crippen molar-refractivity contribution in [3.8, 4) is 0 Å². The highest BCUT2D eigenvalue weighted by Crippen LogP contribution is 2.17. The van der Waals surface area contributed by atoms with E-state index in [-0.39, 0.29) is 0 Å². The topological polar surface area (TPSA) is 38.0 Å². The second kappa shape index (κ2) is 7.42. The molecule has 0 heterocycles. The first-order valence-corrected chi connectivity index (χ1v) is 6.30. The van der Waals surface area contributed by atoms with E-state index < -0.39 is 0 Å². The fourth-order valence-electron chi connectivity index (χ4n) is 2.13. The van der Waals surface area contributed by atoms with Crippen molar-refractivity contribution < 1.29 is 0 Å². The number of hydrazine groups is 1. The van der Waals surface area contributed by atoms with Crippen LogP contribution in [0.3, 0.4) is 0 Å². The highest BCUT2D eigenvalue weighted by Gasteiger charge is 2.13. The summed E-state index contributed by atoms with van der Waals surface area (Å²) in [5.41, 5.74) is 4.31. The van der Waals surface area contributed by atoms with Crippen molar-refractivity contribution in [1.29, 1.82) is 0 Å². The third kappa shape index (κ3) is 4.33. The van der Waals surface area contributed by atoms with E-state index in [9.17, 15) is 0 Å². The van der Waals surface area contributed by atoms with Crippen molar-refractivity contribution in [3.05, 3.63) is 35.9 Å². The van der Waals surface area contributed by atoms with Crippen LogP contribution in [0.1, 0.15) is 38.7 Å². The molecule has 2 nitrogen and oxygen atoms in total. The molecule has 16 heavy (non-hydrogen) atoms. The predicted molar refractivity (Wildman–Crippen MR) is 69.9 cm³/mol. The molecule has 2 heteroatoms. The van der Waals surface area contributed by atoms with Crippen LogP contribution < -0.4 is 11.3 Å². The second-order valence-corrected chi connectivity index (χ2v) is 4.47. The van der Waals surface area contributed by atoms with Crippen LogP contribution in [0.15, 0.2) is 30.3 Å². The molecule has 1 atom stereocenters. The molecule has 0 fully saturated rings. The van der Waals surface area contributed by atoms with Gasteiger partial charge >= 0.3 is 0 Å². The predicted octanol–water partition coefficient (Wildman–Crippen LogP) is 2.89. The Hall–Kier alpha value is -0.860. The van der Waals surface area contributed by atoms with Crippen molar-refractivity contribution in [2.75, 3.05) is 0 Å². The molecule has 90 valence electrons. The third-order valence-electron chi connectivity index (χ3n) is 3.33. The van der Waals surface area contributed by atoms with Crippen LogP contribution in [0.5, 0.6) is 0 Å². The maximum atomic E-state index is 5.63. The van der Waals surface area contributed by atoms with E-state index in [4.69, 9.17) is 5.84 Å². The first kappa shape index (κ1) is 13.2. The Kier molecular flexibility index (Phi) is 6.12. The summed E-state index contributed by atoms with van der Waals surface area (Å²) in [4.78, 5) is 0. The summed E-state index contributed by atoms with van der Waals surface area (Å²) in [6.45, 7) is 4.51. The van der Waals surface area contributed by atoms with E-state index in [2.05, 4.69) is 49.6 Å². The van der Waals surface area contributed by atoms with Crippen molar-refractivity contribution in [2.24, 2.45) is 11.8 Å². The normalized spacial score (nSPS) is 13.0. The minimum absolute atomic E-state index is 0.396. The number of benzene rings is 1. The summed E-state index contributed by atoms with van der Waals surface area (Å²) in [5, 5.41) is 0. The Morgan fingerprint density at radius 2 is 1.75 bits per heavy atom. The molecule has 0 saturated carbocycles. The maximum absolute atomic E-state index is 5.63. The first-order chi connectivity index (χ1) is 7.80. The summed E-state index contributed by atoms with van der Waals surface area (Å²) in [6, 6.07) is 10.9. The summed E-state index contributed by atoms with van der Waals surface area (Å²) >= 11 is 0. The zero-order valence-corrected chi connectivity index (χ0v) is 10.4. The average Bonchev–Trinajstić information content (AvgIpc) is 2.35. The van der Waals surface area contributed by atoms with E-state index in [1.54, 1.807) is 0 Å². The summed E-state index contributed by atoms with van der Waals surface area (Å²) in [5.74, 6) is 6.41. The van der Waals surface area contributed by atoms with Crippen LogP contribution in [0.2, 0.25) is 0 Å². The van der Waals surface area contributed by atoms with E-state index in [0.29, 0.717) is 6.04 Å². The smallest absolute Gasteiger partial charge is 0.0253 e. The third-order valence-corrected chi connectivity index (χ3v) is 3.33. The van der Waals surface area contributed by atoms with Gasteiger partial charge in [-0.1, -0.05) is 57.0 Å². The van der Waals surface area contributed by atoms with Crippen LogP contribution in [-0.2, 0) is 6.42 Å². The summed E-state index contributed by atoms with van der Waals surface area (Å²) in [6.07, 6.45) is 4.67. The molecule has 0 radical (unpaired) electrons. The minimum atomic E-state index is 0.396. The zero-order valence-electron chi connectivity index (χ0n) is 10.4. The van der Waals surface area contributed by atoms with Crippen molar-refractivity contribution in [2.45, 2.75) is 45.6 Å². The largest absolute Gasteiger partial charge is 0.271 e. The van der Waals surface area contributed by atoms with Gasteiger partial charge in [-0.05, 0) is 24.3 Å². The Labute approximate surface area is 99.2 Å². The van der Waals surface area contributed by atoms with E-state index in [0.717, 1.165) is 12.3 Å². The maximum Gasteiger partial charge on any atom is 0.0253 e. The molecule has 3 N–H and O–H groups in total. The lowest BCUT2D eigenvalue weighted by atomic mass is 9.92. The molecule has 0 aliphatic carbocycles. The number of nitrogens with two attached hydrogens (primary N) is 1. The number of hydrogen-bond acceptors (Lipinski definition) is 2. The average molecular weight is 220 g/mol. The lowest BCUT2D eigenvalue weighted by Crippen LogP contribution is -2.38. The number of nitrogens with one attached hydrogen (secondary N) is 1. The Bertz CT molecular complexity index is 267. The number of rotatable bonds is 7. The van der Waals surface area contributed by atoms with Crippen LogP contribution >= 0.6 is 0 Å². The fraction of sp³-hybridized carbons (Fsp3) is 0.571. The van der Waals surface area contributed by atoms with E-state index in [1.165, 1.54) is 24.8 Å². The SMILES string of the molecule is CCC(CC)CC(Cc1ccccc1)NN. The Balaban J connectivity index is 2.49. The molecule has 1 unspecified atom stereocenters.